The fraction of sp³-hybridized carbons (Fsp3) is 0.174. The number of fused-ring (bicyclic) bond motifs is 4. The molecule has 4 nitrogen and oxygen atoms in total. The maximum absolute atomic E-state index is 12.9. The van der Waals surface area contributed by atoms with Gasteiger partial charge in [0, 0.05) is 22.9 Å². The van der Waals surface area contributed by atoms with E-state index in [2.05, 4.69) is 0 Å². The van der Waals surface area contributed by atoms with Gasteiger partial charge in [0.15, 0.2) is 5.78 Å². The van der Waals surface area contributed by atoms with Gasteiger partial charge in [0.25, 0.3) is 0 Å². The summed E-state index contributed by atoms with van der Waals surface area (Å²) in [5.41, 5.74) is 4.65. The molecular formula is C23H17NO3. The molecule has 2 aromatic heterocycles. The van der Waals surface area contributed by atoms with Gasteiger partial charge in [0.1, 0.15) is 5.58 Å². The van der Waals surface area contributed by atoms with Crippen LogP contribution in [-0.4, -0.2) is 10.8 Å². The number of hydrogen-bond acceptors (Lipinski definition) is 4. The first kappa shape index (κ1) is 15.9. The molecule has 0 amide bonds. The summed E-state index contributed by atoms with van der Waals surface area (Å²) in [6.45, 7) is 2.00. The summed E-state index contributed by atoms with van der Waals surface area (Å²) >= 11 is 0. The molecule has 0 bridgehead atoms. The molecule has 4 aromatic rings. The quantitative estimate of drug-likeness (QED) is 0.362. The Balaban J connectivity index is 2.05. The minimum absolute atomic E-state index is 0.0507. The Morgan fingerprint density at radius 3 is 2.67 bits per heavy atom. The van der Waals surface area contributed by atoms with Gasteiger partial charge in [-0.2, -0.15) is 0 Å². The predicted octanol–water partition coefficient (Wildman–Crippen LogP) is 4.84. The third kappa shape index (κ3) is 2.40. The Morgan fingerprint density at radius 1 is 0.963 bits per heavy atom. The zero-order valence-electron chi connectivity index (χ0n) is 14.9. The van der Waals surface area contributed by atoms with Gasteiger partial charge in [-0.25, -0.2) is 4.79 Å². The number of Topliss-reactive ketones (excluding diaryl/α,β-unsaturated/α-hetero) is 1. The summed E-state index contributed by atoms with van der Waals surface area (Å²) < 4.78 is 5.59. The van der Waals surface area contributed by atoms with Crippen LogP contribution in [0.1, 0.15) is 34.5 Å². The van der Waals surface area contributed by atoms with Crippen molar-refractivity contribution in [2.45, 2.75) is 26.2 Å². The first-order chi connectivity index (χ1) is 13.1. The molecule has 5 rings (SSSR count). The smallest absolute Gasteiger partial charge is 0.346 e. The molecule has 0 aliphatic heterocycles. The van der Waals surface area contributed by atoms with E-state index < -0.39 is 5.63 Å². The lowest BCUT2D eigenvalue weighted by Gasteiger charge is -2.20. The van der Waals surface area contributed by atoms with Gasteiger partial charge in [-0.1, -0.05) is 42.0 Å². The molecule has 0 N–H and O–H groups in total. The van der Waals surface area contributed by atoms with E-state index in [9.17, 15) is 9.59 Å². The Morgan fingerprint density at radius 2 is 1.81 bits per heavy atom. The molecule has 132 valence electrons. The zero-order valence-corrected chi connectivity index (χ0v) is 14.9. The second kappa shape index (κ2) is 5.88. The fourth-order valence-electron chi connectivity index (χ4n) is 4.04. The molecular weight excluding hydrogens is 338 g/mol. The number of para-hydroxylation sites is 1. The van der Waals surface area contributed by atoms with Crippen LogP contribution in [0.5, 0.6) is 0 Å². The van der Waals surface area contributed by atoms with Crippen LogP contribution < -0.4 is 5.63 Å². The van der Waals surface area contributed by atoms with E-state index in [1.807, 2.05) is 49.4 Å². The van der Waals surface area contributed by atoms with Gasteiger partial charge in [-0.05, 0) is 37.5 Å². The van der Waals surface area contributed by atoms with Crippen LogP contribution in [0.2, 0.25) is 0 Å². The summed E-state index contributed by atoms with van der Waals surface area (Å²) in [7, 11) is 0. The summed E-state index contributed by atoms with van der Waals surface area (Å²) in [5, 5.41) is 1.19. The first-order valence-electron chi connectivity index (χ1n) is 9.12. The van der Waals surface area contributed by atoms with E-state index in [0.717, 1.165) is 35.0 Å². The van der Waals surface area contributed by atoms with Crippen LogP contribution in [0.25, 0.3) is 33.0 Å². The van der Waals surface area contributed by atoms with E-state index in [0.29, 0.717) is 34.0 Å². The highest BCUT2D eigenvalue weighted by molar-refractivity contribution is 6.15. The van der Waals surface area contributed by atoms with Gasteiger partial charge in [0.05, 0.1) is 16.6 Å². The van der Waals surface area contributed by atoms with E-state index in [1.165, 1.54) is 0 Å². The number of carbonyl (C=O) groups is 1. The molecule has 0 fully saturated rings. The number of ketones is 1. The standard InChI is InChI=1S/C23H17NO3/c1-13-6-4-7-14(12-13)19-20-16(9-5-10-17(20)25)24-22-15-8-2-3-11-18(15)27-23(26)21(19)22/h2-4,6-8,11-12H,5,9-10H2,1H3. The van der Waals surface area contributed by atoms with E-state index in [-0.39, 0.29) is 5.78 Å². The normalized spacial score (nSPS) is 13.9. The number of benzene rings is 2. The molecule has 0 saturated heterocycles. The molecule has 0 spiro atoms. The van der Waals surface area contributed by atoms with Crippen molar-refractivity contribution in [2.24, 2.45) is 0 Å². The molecule has 0 saturated carbocycles. The van der Waals surface area contributed by atoms with Crippen molar-refractivity contribution in [3.05, 3.63) is 75.8 Å². The van der Waals surface area contributed by atoms with Crippen LogP contribution >= 0.6 is 0 Å². The number of aromatic nitrogens is 1. The lowest BCUT2D eigenvalue weighted by molar-refractivity contribution is 0.0972. The maximum Gasteiger partial charge on any atom is 0.346 e. The van der Waals surface area contributed by atoms with E-state index >= 15 is 0 Å². The monoisotopic (exact) mass is 355 g/mol. The highest BCUT2D eigenvalue weighted by Gasteiger charge is 2.27. The molecule has 1 aliphatic carbocycles. The van der Waals surface area contributed by atoms with Crippen LogP contribution in [0.3, 0.4) is 0 Å². The second-order valence-corrected chi connectivity index (χ2v) is 7.06. The Hall–Kier alpha value is -3.27. The third-order valence-corrected chi connectivity index (χ3v) is 5.22. The number of carbonyl (C=O) groups excluding carboxylic acids is 1. The van der Waals surface area contributed by atoms with Crippen molar-refractivity contribution >= 4 is 27.7 Å². The predicted molar refractivity (Wildman–Crippen MR) is 105 cm³/mol. The number of aryl methyl sites for hydroxylation is 2. The summed E-state index contributed by atoms with van der Waals surface area (Å²) in [5.74, 6) is 0.0507. The van der Waals surface area contributed by atoms with Crippen LogP contribution in [0.4, 0.5) is 0 Å². The van der Waals surface area contributed by atoms with E-state index in [4.69, 9.17) is 9.40 Å². The molecule has 1 aliphatic rings. The van der Waals surface area contributed by atoms with Crippen molar-refractivity contribution in [3.63, 3.8) is 0 Å². The highest BCUT2D eigenvalue weighted by Crippen LogP contribution is 2.37. The van der Waals surface area contributed by atoms with Crippen LogP contribution in [0.15, 0.2) is 57.7 Å². The van der Waals surface area contributed by atoms with E-state index in [1.54, 1.807) is 6.07 Å². The molecule has 27 heavy (non-hydrogen) atoms. The number of rotatable bonds is 1. The molecule has 4 heteroatoms. The SMILES string of the molecule is Cc1cccc(-c2c3c(nc4c2c(=O)oc2ccccc24)CCCC3=O)c1. The van der Waals surface area contributed by atoms with Gasteiger partial charge in [-0.3, -0.25) is 9.78 Å². The fourth-order valence-corrected chi connectivity index (χ4v) is 4.04. The Kier molecular flexibility index (Phi) is 3.47. The molecule has 2 heterocycles. The lowest BCUT2D eigenvalue weighted by Crippen LogP contribution is -2.17. The summed E-state index contributed by atoms with van der Waals surface area (Å²) in [6.07, 6.45) is 2.01. The minimum atomic E-state index is -0.450. The zero-order chi connectivity index (χ0) is 18.5. The van der Waals surface area contributed by atoms with Gasteiger partial charge >= 0.3 is 5.63 Å². The number of nitrogens with zero attached hydrogens (tertiary/aromatic N) is 1. The van der Waals surface area contributed by atoms with Crippen LogP contribution in [-0.2, 0) is 6.42 Å². The van der Waals surface area contributed by atoms with Crippen molar-refractivity contribution in [1.82, 2.24) is 4.98 Å². The van der Waals surface area contributed by atoms with Crippen molar-refractivity contribution in [3.8, 4) is 11.1 Å². The minimum Gasteiger partial charge on any atom is -0.422 e. The van der Waals surface area contributed by atoms with Crippen LogP contribution in [0, 0.1) is 6.92 Å². The number of pyridine rings is 1. The molecule has 0 atom stereocenters. The second-order valence-electron chi connectivity index (χ2n) is 7.06. The summed E-state index contributed by atoms with van der Waals surface area (Å²) in [4.78, 5) is 30.5. The number of hydrogen-bond donors (Lipinski definition) is 0. The highest BCUT2D eigenvalue weighted by atomic mass is 16.4. The maximum atomic E-state index is 12.9. The van der Waals surface area contributed by atoms with Crippen molar-refractivity contribution in [1.29, 1.82) is 0 Å². The topological polar surface area (TPSA) is 60.2 Å². The first-order valence-corrected chi connectivity index (χ1v) is 9.12. The van der Waals surface area contributed by atoms with Gasteiger partial charge < -0.3 is 4.42 Å². The Bertz CT molecular complexity index is 1300. The molecule has 0 radical (unpaired) electrons. The van der Waals surface area contributed by atoms with Crippen molar-refractivity contribution < 1.29 is 9.21 Å². The van der Waals surface area contributed by atoms with Gasteiger partial charge in [0.2, 0.25) is 0 Å². The van der Waals surface area contributed by atoms with Crippen molar-refractivity contribution in [2.75, 3.05) is 0 Å². The van der Waals surface area contributed by atoms with Gasteiger partial charge in [-0.15, -0.1) is 0 Å². The molecule has 0 unspecified atom stereocenters. The third-order valence-electron chi connectivity index (χ3n) is 5.22. The average Bonchev–Trinajstić information content (AvgIpc) is 2.67. The lowest BCUT2D eigenvalue weighted by atomic mass is 9.85. The summed E-state index contributed by atoms with van der Waals surface area (Å²) in [6, 6.07) is 15.3. The average molecular weight is 355 g/mol. The largest absolute Gasteiger partial charge is 0.422 e. The Labute approximate surface area is 155 Å². The molecule has 2 aromatic carbocycles.